The van der Waals surface area contributed by atoms with E-state index in [4.69, 9.17) is 5.11 Å². The van der Waals surface area contributed by atoms with Crippen molar-refractivity contribution in [2.75, 3.05) is 26.7 Å². The summed E-state index contributed by atoms with van der Waals surface area (Å²) in [5.41, 5.74) is 3.54. The molecule has 0 radical (unpaired) electrons. The fraction of sp³-hybridized carbons (Fsp3) is 0.550. The van der Waals surface area contributed by atoms with Crippen LogP contribution in [0.25, 0.3) is 0 Å². The van der Waals surface area contributed by atoms with E-state index >= 15 is 0 Å². The summed E-state index contributed by atoms with van der Waals surface area (Å²) in [7, 11) is 1.88. The Hall–Kier alpha value is -2.29. The van der Waals surface area contributed by atoms with Gasteiger partial charge >= 0.3 is 0 Å². The van der Waals surface area contributed by atoms with E-state index in [0.29, 0.717) is 38.3 Å². The lowest BCUT2D eigenvalue weighted by Crippen LogP contribution is -2.38. The van der Waals surface area contributed by atoms with Gasteiger partial charge in [-0.15, -0.1) is 0 Å². The van der Waals surface area contributed by atoms with Crippen molar-refractivity contribution in [2.45, 2.75) is 45.5 Å². The summed E-state index contributed by atoms with van der Waals surface area (Å²) in [5.74, 6) is 0.0249. The van der Waals surface area contributed by atoms with Crippen LogP contribution in [0.1, 0.15) is 40.8 Å². The molecule has 0 saturated carbocycles. The summed E-state index contributed by atoms with van der Waals surface area (Å²) < 4.78 is 1.95. The predicted molar refractivity (Wildman–Crippen MR) is 105 cm³/mol. The average Bonchev–Trinajstić information content (AvgIpc) is 3.08. The van der Waals surface area contributed by atoms with Crippen LogP contribution in [-0.2, 0) is 26.1 Å². The van der Waals surface area contributed by atoms with Gasteiger partial charge in [0.1, 0.15) is 0 Å². The van der Waals surface area contributed by atoms with Crippen LogP contribution in [0, 0.1) is 0 Å². The first kappa shape index (κ1) is 20.4. The zero-order valence-electron chi connectivity index (χ0n) is 16.6. The molecule has 2 aromatic heterocycles. The fourth-order valence-corrected chi connectivity index (χ4v) is 3.52. The van der Waals surface area contributed by atoms with E-state index in [1.54, 1.807) is 12.3 Å². The number of pyridine rings is 1. The van der Waals surface area contributed by atoms with Crippen molar-refractivity contribution in [3.8, 4) is 0 Å². The van der Waals surface area contributed by atoms with Gasteiger partial charge in [-0.25, -0.2) is 0 Å². The molecule has 0 aromatic carbocycles. The first-order valence-corrected chi connectivity index (χ1v) is 9.77. The Labute approximate surface area is 165 Å². The Morgan fingerprint density at radius 2 is 2.14 bits per heavy atom. The third kappa shape index (κ3) is 4.95. The number of aliphatic hydroxyl groups excluding tert-OH is 2. The first-order valence-electron chi connectivity index (χ1n) is 9.77. The van der Waals surface area contributed by atoms with Gasteiger partial charge in [0.05, 0.1) is 37.2 Å². The van der Waals surface area contributed by atoms with Gasteiger partial charge in [-0.2, -0.15) is 5.10 Å². The minimum atomic E-state index is -0.756. The number of likely N-dealkylation sites (N-methyl/N-ethyl adjacent to an activating group) is 1. The van der Waals surface area contributed by atoms with E-state index in [2.05, 4.69) is 17.0 Å². The maximum atomic E-state index is 12.9. The monoisotopic (exact) mass is 387 g/mol. The number of rotatable bonds is 8. The molecule has 8 nitrogen and oxygen atoms in total. The van der Waals surface area contributed by atoms with Crippen molar-refractivity contribution in [1.82, 2.24) is 24.6 Å². The highest BCUT2D eigenvalue weighted by Gasteiger charge is 2.24. The molecule has 3 heterocycles. The smallest absolute Gasteiger partial charge is 0.254 e. The highest BCUT2D eigenvalue weighted by Crippen LogP contribution is 2.17. The predicted octanol–water partition coefficient (Wildman–Crippen LogP) is 0.672. The van der Waals surface area contributed by atoms with Crippen LogP contribution in [0.4, 0.5) is 0 Å². The molecule has 2 aromatic rings. The maximum absolute atomic E-state index is 12.9. The average molecular weight is 387 g/mol. The van der Waals surface area contributed by atoms with Crippen molar-refractivity contribution in [3.05, 3.63) is 47.0 Å². The minimum Gasteiger partial charge on any atom is -0.394 e. The minimum absolute atomic E-state index is 0.0249. The third-order valence-electron chi connectivity index (χ3n) is 4.87. The molecule has 0 fully saturated rings. The molecule has 2 N–H and O–H groups in total. The lowest BCUT2D eigenvalue weighted by atomic mass is 10.1. The SMILES string of the molecule is CCCc1cc(C(=O)N2CCn3nc(CN(C)C[C@@H](O)CO)cc3C2)ccn1. The highest BCUT2D eigenvalue weighted by molar-refractivity contribution is 5.94. The molecular formula is C20H29N5O3. The summed E-state index contributed by atoms with van der Waals surface area (Å²) >= 11 is 0. The van der Waals surface area contributed by atoms with Crippen molar-refractivity contribution in [1.29, 1.82) is 0 Å². The Morgan fingerprint density at radius 3 is 2.89 bits per heavy atom. The molecule has 8 heteroatoms. The van der Waals surface area contributed by atoms with Crippen molar-refractivity contribution in [3.63, 3.8) is 0 Å². The van der Waals surface area contributed by atoms with Gasteiger partial charge in [-0.3, -0.25) is 19.4 Å². The molecule has 0 unspecified atom stereocenters. The second-order valence-corrected chi connectivity index (χ2v) is 7.40. The molecule has 28 heavy (non-hydrogen) atoms. The number of amides is 1. The normalized spacial score (nSPS) is 15.0. The molecule has 1 aliphatic heterocycles. The Balaban J connectivity index is 1.65. The van der Waals surface area contributed by atoms with E-state index in [-0.39, 0.29) is 12.5 Å². The Kier molecular flexibility index (Phi) is 6.77. The quantitative estimate of drug-likeness (QED) is 0.691. The molecular weight excluding hydrogens is 358 g/mol. The van der Waals surface area contributed by atoms with E-state index in [9.17, 15) is 9.90 Å². The largest absolute Gasteiger partial charge is 0.394 e. The van der Waals surface area contributed by atoms with Crippen LogP contribution in [0.3, 0.4) is 0 Å². The van der Waals surface area contributed by atoms with Crippen molar-refractivity contribution >= 4 is 5.91 Å². The summed E-state index contributed by atoms with van der Waals surface area (Å²) in [6.07, 6.45) is 2.82. The van der Waals surface area contributed by atoms with E-state index in [1.807, 2.05) is 33.7 Å². The molecule has 1 aliphatic rings. The van der Waals surface area contributed by atoms with Crippen molar-refractivity contribution < 1.29 is 15.0 Å². The van der Waals surface area contributed by atoms with Crippen LogP contribution >= 0.6 is 0 Å². The number of fused-ring (bicyclic) bond motifs is 1. The maximum Gasteiger partial charge on any atom is 0.254 e. The summed E-state index contributed by atoms with van der Waals surface area (Å²) in [5, 5.41) is 23.1. The van der Waals surface area contributed by atoms with Crippen LogP contribution < -0.4 is 0 Å². The molecule has 0 spiro atoms. The van der Waals surface area contributed by atoms with Gasteiger partial charge in [0.2, 0.25) is 0 Å². The van der Waals surface area contributed by atoms with E-state index in [1.165, 1.54) is 0 Å². The number of aliphatic hydroxyl groups is 2. The number of aryl methyl sites for hydroxylation is 1. The zero-order valence-corrected chi connectivity index (χ0v) is 16.6. The third-order valence-corrected chi connectivity index (χ3v) is 4.87. The zero-order chi connectivity index (χ0) is 20.1. The lowest BCUT2D eigenvalue weighted by molar-refractivity contribution is 0.0644. The number of hydrogen-bond acceptors (Lipinski definition) is 6. The van der Waals surface area contributed by atoms with Crippen LogP contribution in [-0.4, -0.2) is 73.5 Å². The van der Waals surface area contributed by atoms with E-state index < -0.39 is 6.10 Å². The highest BCUT2D eigenvalue weighted by atomic mass is 16.3. The second-order valence-electron chi connectivity index (χ2n) is 7.40. The fourth-order valence-electron chi connectivity index (χ4n) is 3.52. The number of aromatic nitrogens is 3. The molecule has 3 rings (SSSR count). The van der Waals surface area contributed by atoms with Gasteiger partial charge in [-0.1, -0.05) is 13.3 Å². The topological polar surface area (TPSA) is 94.7 Å². The molecule has 152 valence electrons. The standard InChI is InChI=1S/C20H29N5O3/c1-3-4-16-9-15(5-6-21-16)20(28)24-7-8-25-18(12-24)10-17(22-25)11-23(2)13-19(27)14-26/h5-6,9-10,19,26-27H,3-4,7-8,11-14H2,1-2H3/t19-/m1/s1. The molecule has 1 amide bonds. The second kappa shape index (κ2) is 9.27. The summed E-state index contributed by atoms with van der Waals surface area (Å²) in [6, 6.07) is 5.68. The van der Waals surface area contributed by atoms with Gasteiger partial charge < -0.3 is 15.1 Å². The number of carbonyl (C=O) groups is 1. The van der Waals surface area contributed by atoms with Crippen LogP contribution in [0.15, 0.2) is 24.4 Å². The van der Waals surface area contributed by atoms with Gasteiger partial charge in [0.25, 0.3) is 5.91 Å². The number of hydrogen-bond donors (Lipinski definition) is 2. The van der Waals surface area contributed by atoms with Crippen molar-refractivity contribution in [2.24, 2.45) is 0 Å². The molecule has 0 bridgehead atoms. The van der Waals surface area contributed by atoms with Crippen LogP contribution in [0.5, 0.6) is 0 Å². The number of carbonyl (C=O) groups excluding carboxylic acids is 1. The van der Waals surface area contributed by atoms with E-state index in [0.717, 1.165) is 29.9 Å². The Morgan fingerprint density at radius 1 is 1.32 bits per heavy atom. The van der Waals surface area contributed by atoms with Gasteiger partial charge in [0, 0.05) is 37.1 Å². The Bertz CT molecular complexity index is 807. The first-order chi connectivity index (χ1) is 13.5. The van der Waals surface area contributed by atoms with Gasteiger partial charge in [-0.05, 0) is 31.7 Å². The molecule has 0 saturated heterocycles. The van der Waals surface area contributed by atoms with Crippen LogP contribution in [0.2, 0.25) is 0 Å². The number of nitrogens with zero attached hydrogens (tertiary/aromatic N) is 5. The molecule has 1 atom stereocenters. The molecule has 0 aliphatic carbocycles. The lowest BCUT2D eigenvalue weighted by Gasteiger charge is -2.27. The summed E-state index contributed by atoms with van der Waals surface area (Å²) in [6.45, 7) is 4.62. The van der Waals surface area contributed by atoms with Gasteiger partial charge in [0.15, 0.2) is 0 Å². The summed E-state index contributed by atoms with van der Waals surface area (Å²) in [4.78, 5) is 21.0.